The number of nitro benzene ring substituents is 1. The van der Waals surface area contributed by atoms with Crippen LogP contribution in [0.25, 0.3) is 6.08 Å². The minimum Gasteiger partial charge on any atom is -0.496 e. The number of hydrogen-bond donors (Lipinski definition) is 1. The molecule has 0 saturated carbocycles. The Morgan fingerprint density at radius 1 is 1.13 bits per heavy atom. The number of nitrogens with zero attached hydrogens (tertiary/aromatic N) is 1. The van der Waals surface area contributed by atoms with Crippen molar-refractivity contribution in [2.75, 3.05) is 7.11 Å². The van der Waals surface area contributed by atoms with E-state index in [1.54, 1.807) is 50.3 Å². The predicted molar refractivity (Wildman–Crippen MR) is 112 cm³/mol. The van der Waals surface area contributed by atoms with Crippen molar-refractivity contribution in [3.63, 3.8) is 0 Å². The zero-order valence-electron chi connectivity index (χ0n) is 17.0. The number of carbonyl (C=O) groups excluding carboxylic acids is 2. The zero-order chi connectivity index (χ0) is 22.1. The van der Waals surface area contributed by atoms with Crippen molar-refractivity contribution in [1.29, 1.82) is 0 Å². The van der Waals surface area contributed by atoms with Gasteiger partial charge >= 0.3 is 5.97 Å². The van der Waals surface area contributed by atoms with E-state index in [2.05, 4.69) is 5.32 Å². The molecule has 1 unspecified atom stereocenters. The van der Waals surface area contributed by atoms with Crippen LogP contribution in [-0.2, 0) is 14.3 Å². The van der Waals surface area contributed by atoms with Crippen LogP contribution in [0.4, 0.5) is 5.69 Å². The molecule has 8 nitrogen and oxygen atoms in total. The van der Waals surface area contributed by atoms with Crippen LogP contribution in [0, 0.1) is 10.1 Å². The van der Waals surface area contributed by atoms with Crippen LogP contribution in [0.5, 0.6) is 5.75 Å². The first-order valence-electron chi connectivity index (χ1n) is 9.36. The van der Waals surface area contributed by atoms with E-state index in [4.69, 9.17) is 9.47 Å². The van der Waals surface area contributed by atoms with Crippen molar-refractivity contribution in [1.82, 2.24) is 5.32 Å². The normalized spacial score (nSPS) is 11.9. The molecule has 2 aromatic rings. The van der Waals surface area contributed by atoms with Crippen molar-refractivity contribution in [2.45, 2.75) is 32.4 Å². The quantitative estimate of drug-likeness (QED) is 0.290. The van der Waals surface area contributed by atoms with Gasteiger partial charge in [0.05, 0.1) is 36.2 Å². The first kappa shape index (κ1) is 22.6. The summed E-state index contributed by atoms with van der Waals surface area (Å²) in [4.78, 5) is 35.6. The molecule has 0 fully saturated rings. The van der Waals surface area contributed by atoms with Crippen LogP contribution in [0.1, 0.15) is 37.4 Å². The molecule has 0 aliphatic rings. The van der Waals surface area contributed by atoms with Gasteiger partial charge in [0.2, 0.25) is 5.91 Å². The van der Waals surface area contributed by atoms with Gasteiger partial charge in [-0.1, -0.05) is 36.4 Å². The van der Waals surface area contributed by atoms with E-state index in [0.29, 0.717) is 11.3 Å². The summed E-state index contributed by atoms with van der Waals surface area (Å²) in [5.41, 5.74) is 0.729. The molecule has 1 atom stereocenters. The van der Waals surface area contributed by atoms with E-state index in [0.717, 1.165) is 0 Å². The van der Waals surface area contributed by atoms with Gasteiger partial charge in [0.25, 0.3) is 5.69 Å². The van der Waals surface area contributed by atoms with Crippen LogP contribution < -0.4 is 10.1 Å². The number of nitrogens with one attached hydrogen (secondary N) is 1. The molecule has 30 heavy (non-hydrogen) atoms. The van der Waals surface area contributed by atoms with Crippen LogP contribution in [0.2, 0.25) is 0 Å². The maximum atomic E-state index is 12.5. The molecule has 0 aliphatic carbocycles. The van der Waals surface area contributed by atoms with Crippen LogP contribution in [0.3, 0.4) is 0 Å². The second-order valence-corrected chi connectivity index (χ2v) is 6.70. The summed E-state index contributed by atoms with van der Waals surface area (Å²) in [5.74, 6) is -0.485. The van der Waals surface area contributed by atoms with Gasteiger partial charge in [-0.05, 0) is 26.0 Å². The highest BCUT2D eigenvalue weighted by molar-refractivity contribution is 5.92. The highest BCUT2D eigenvalue weighted by Crippen LogP contribution is 2.27. The van der Waals surface area contributed by atoms with Gasteiger partial charge in [-0.2, -0.15) is 0 Å². The molecular formula is C22H24N2O6. The summed E-state index contributed by atoms with van der Waals surface area (Å²) in [6.45, 7) is 3.40. The topological polar surface area (TPSA) is 108 Å². The standard InChI is InChI=1S/C22H24N2O6/c1-15(2)30-22(26)14-18(17-9-5-6-10-19(17)24(27)28)23-21(25)13-12-16-8-4-7-11-20(16)29-3/h4-13,15,18H,14H2,1-3H3,(H,23,25)/b13-12+. The first-order chi connectivity index (χ1) is 14.3. The highest BCUT2D eigenvalue weighted by Gasteiger charge is 2.26. The molecule has 158 valence electrons. The minimum absolute atomic E-state index is 0.186. The maximum absolute atomic E-state index is 12.5. The van der Waals surface area contributed by atoms with Crippen LogP contribution >= 0.6 is 0 Å². The Balaban J connectivity index is 2.26. The lowest BCUT2D eigenvalue weighted by Gasteiger charge is -2.18. The summed E-state index contributed by atoms with van der Waals surface area (Å²) < 4.78 is 10.4. The number of amides is 1. The predicted octanol–water partition coefficient (Wildman–Crippen LogP) is 3.82. The third-order valence-electron chi connectivity index (χ3n) is 4.12. The minimum atomic E-state index is -0.923. The largest absolute Gasteiger partial charge is 0.496 e. The van der Waals surface area contributed by atoms with Gasteiger partial charge in [0, 0.05) is 17.7 Å². The molecule has 0 aliphatic heterocycles. The van der Waals surface area contributed by atoms with Gasteiger partial charge < -0.3 is 14.8 Å². The Hall–Kier alpha value is -3.68. The lowest BCUT2D eigenvalue weighted by molar-refractivity contribution is -0.385. The molecule has 2 aromatic carbocycles. The Bertz CT molecular complexity index is 939. The smallest absolute Gasteiger partial charge is 0.308 e. The Labute approximate surface area is 174 Å². The number of hydrogen-bond acceptors (Lipinski definition) is 6. The van der Waals surface area contributed by atoms with Gasteiger partial charge in [0.1, 0.15) is 5.75 Å². The summed E-state index contributed by atoms with van der Waals surface area (Å²) >= 11 is 0. The monoisotopic (exact) mass is 412 g/mol. The van der Waals surface area contributed by atoms with E-state index < -0.39 is 22.8 Å². The number of rotatable bonds is 9. The highest BCUT2D eigenvalue weighted by atomic mass is 16.6. The summed E-state index contributed by atoms with van der Waals surface area (Å²) in [6.07, 6.45) is 2.27. The van der Waals surface area contributed by atoms with E-state index in [1.807, 2.05) is 0 Å². The Kier molecular flexibility index (Phi) is 8.10. The molecule has 0 radical (unpaired) electrons. The second kappa shape index (κ2) is 10.8. The molecule has 1 amide bonds. The molecule has 0 spiro atoms. The van der Waals surface area contributed by atoms with Gasteiger partial charge in [-0.25, -0.2) is 0 Å². The zero-order valence-corrected chi connectivity index (χ0v) is 17.0. The molecule has 0 saturated heterocycles. The number of esters is 1. The second-order valence-electron chi connectivity index (χ2n) is 6.70. The molecule has 0 aromatic heterocycles. The van der Waals surface area contributed by atoms with E-state index in [-0.39, 0.29) is 23.8 Å². The molecule has 0 heterocycles. The number of ether oxygens (including phenoxy) is 2. The number of methoxy groups -OCH3 is 1. The molecule has 8 heteroatoms. The lowest BCUT2D eigenvalue weighted by atomic mass is 10.0. The van der Waals surface area contributed by atoms with Gasteiger partial charge in [-0.3, -0.25) is 19.7 Å². The number of carbonyl (C=O) groups is 2. The Morgan fingerprint density at radius 3 is 2.47 bits per heavy atom. The summed E-state index contributed by atoms with van der Waals surface area (Å²) in [7, 11) is 1.53. The van der Waals surface area contributed by atoms with Crippen molar-refractivity contribution >= 4 is 23.6 Å². The molecule has 2 rings (SSSR count). The Morgan fingerprint density at radius 2 is 1.80 bits per heavy atom. The van der Waals surface area contributed by atoms with Crippen molar-refractivity contribution < 1.29 is 24.0 Å². The molecule has 1 N–H and O–H groups in total. The average Bonchev–Trinajstić information content (AvgIpc) is 2.71. The third-order valence-corrected chi connectivity index (χ3v) is 4.12. The van der Waals surface area contributed by atoms with Crippen LogP contribution in [0.15, 0.2) is 54.6 Å². The van der Waals surface area contributed by atoms with Crippen molar-refractivity contribution in [3.05, 3.63) is 75.8 Å². The number of benzene rings is 2. The summed E-state index contributed by atoms with van der Waals surface area (Å²) in [5, 5.41) is 14.1. The van der Waals surface area contributed by atoms with Crippen molar-refractivity contribution in [2.24, 2.45) is 0 Å². The number of para-hydroxylation sites is 2. The van der Waals surface area contributed by atoms with Crippen molar-refractivity contribution in [3.8, 4) is 5.75 Å². The summed E-state index contributed by atoms with van der Waals surface area (Å²) in [6, 6.07) is 12.2. The molecular weight excluding hydrogens is 388 g/mol. The third kappa shape index (κ3) is 6.44. The maximum Gasteiger partial charge on any atom is 0.308 e. The fourth-order valence-electron chi connectivity index (χ4n) is 2.85. The van der Waals surface area contributed by atoms with Gasteiger partial charge in [0.15, 0.2) is 0 Å². The fraction of sp³-hybridized carbons (Fsp3) is 0.273. The van der Waals surface area contributed by atoms with E-state index >= 15 is 0 Å². The lowest BCUT2D eigenvalue weighted by Crippen LogP contribution is -2.30. The average molecular weight is 412 g/mol. The number of nitro groups is 1. The van der Waals surface area contributed by atoms with E-state index in [9.17, 15) is 19.7 Å². The van der Waals surface area contributed by atoms with Gasteiger partial charge in [-0.15, -0.1) is 0 Å². The molecule has 0 bridgehead atoms. The van der Waals surface area contributed by atoms with Crippen LogP contribution in [-0.4, -0.2) is 30.0 Å². The van der Waals surface area contributed by atoms with E-state index in [1.165, 1.54) is 31.4 Å². The fourth-order valence-corrected chi connectivity index (χ4v) is 2.85. The first-order valence-corrected chi connectivity index (χ1v) is 9.36. The SMILES string of the molecule is COc1ccccc1/C=C/C(=O)NC(CC(=O)OC(C)C)c1ccccc1[N+](=O)[O-].